The average molecular weight is 377 g/mol. The predicted molar refractivity (Wildman–Crippen MR) is 109 cm³/mol. The molecule has 0 unspecified atom stereocenters. The number of hydrogen-bond acceptors (Lipinski definition) is 6. The Balaban J connectivity index is 1.74. The van der Waals surface area contributed by atoms with Crippen molar-refractivity contribution < 1.29 is 9.47 Å². The number of aromatic nitrogens is 1. The first-order chi connectivity index (χ1) is 13.2. The molecule has 3 rings (SSSR count). The van der Waals surface area contributed by atoms with Crippen molar-refractivity contribution in [3.63, 3.8) is 0 Å². The van der Waals surface area contributed by atoms with E-state index in [1.54, 1.807) is 13.3 Å². The Hall–Kier alpha value is -3.30. The van der Waals surface area contributed by atoms with Crippen LogP contribution in [0.4, 0.5) is 5.69 Å². The fourth-order valence-corrected chi connectivity index (χ4v) is 3.20. The summed E-state index contributed by atoms with van der Waals surface area (Å²) in [6, 6.07) is 17.5. The highest BCUT2D eigenvalue weighted by molar-refractivity contribution is 7.11. The Morgan fingerprint density at radius 3 is 2.48 bits per heavy atom. The van der Waals surface area contributed by atoms with E-state index in [0.717, 1.165) is 28.4 Å². The molecule has 0 saturated heterocycles. The molecule has 136 valence electrons. The minimum absolute atomic E-state index is 0.480. The summed E-state index contributed by atoms with van der Waals surface area (Å²) < 4.78 is 10.6. The van der Waals surface area contributed by atoms with Gasteiger partial charge >= 0.3 is 0 Å². The van der Waals surface area contributed by atoms with Crippen molar-refractivity contribution in [1.82, 2.24) is 4.98 Å². The van der Waals surface area contributed by atoms with Gasteiger partial charge in [0, 0.05) is 22.8 Å². The fraction of sp³-hybridized carbons (Fsp3) is 0.143. The third-order valence-electron chi connectivity index (χ3n) is 3.79. The van der Waals surface area contributed by atoms with Crippen molar-refractivity contribution in [3.8, 4) is 28.8 Å². The third kappa shape index (κ3) is 4.66. The molecule has 1 N–H and O–H groups in total. The molecule has 0 aliphatic heterocycles. The van der Waals surface area contributed by atoms with Crippen molar-refractivity contribution in [2.75, 3.05) is 19.0 Å². The Bertz CT molecular complexity index is 954. The monoisotopic (exact) mass is 377 g/mol. The molecule has 0 fully saturated rings. The van der Waals surface area contributed by atoms with Gasteiger partial charge in [0.2, 0.25) is 0 Å². The second-order valence-corrected chi connectivity index (χ2v) is 6.40. The van der Waals surface area contributed by atoms with Gasteiger partial charge in [-0.3, -0.25) is 0 Å². The first-order valence-electron chi connectivity index (χ1n) is 8.43. The highest BCUT2D eigenvalue weighted by atomic mass is 32.1. The molecule has 0 aliphatic carbocycles. The zero-order valence-electron chi connectivity index (χ0n) is 15.1. The summed E-state index contributed by atoms with van der Waals surface area (Å²) >= 11 is 1.44. The van der Waals surface area contributed by atoms with Crippen molar-refractivity contribution in [2.24, 2.45) is 0 Å². The van der Waals surface area contributed by atoms with E-state index in [1.165, 1.54) is 11.3 Å². The molecule has 1 heterocycles. The van der Waals surface area contributed by atoms with Gasteiger partial charge in [-0.1, -0.05) is 0 Å². The van der Waals surface area contributed by atoms with E-state index in [1.807, 2.05) is 60.8 Å². The van der Waals surface area contributed by atoms with Gasteiger partial charge in [-0.15, -0.1) is 11.3 Å². The van der Waals surface area contributed by atoms with Crippen LogP contribution in [0.2, 0.25) is 0 Å². The maximum Gasteiger partial charge on any atom is 0.136 e. The van der Waals surface area contributed by atoms with E-state index in [9.17, 15) is 5.26 Å². The van der Waals surface area contributed by atoms with Gasteiger partial charge in [0.05, 0.1) is 19.4 Å². The first-order valence-corrected chi connectivity index (χ1v) is 9.31. The van der Waals surface area contributed by atoms with Crippen molar-refractivity contribution >= 4 is 22.6 Å². The van der Waals surface area contributed by atoms with Crippen molar-refractivity contribution in [3.05, 3.63) is 65.1 Å². The molecule has 6 heteroatoms. The number of hydrogen-bond donors (Lipinski definition) is 1. The minimum atomic E-state index is 0.480. The summed E-state index contributed by atoms with van der Waals surface area (Å²) in [6.45, 7) is 2.58. The van der Waals surface area contributed by atoms with Crippen molar-refractivity contribution in [1.29, 1.82) is 5.26 Å². The molecule has 27 heavy (non-hydrogen) atoms. The van der Waals surface area contributed by atoms with Gasteiger partial charge in [-0.25, -0.2) is 4.98 Å². The van der Waals surface area contributed by atoms with E-state index >= 15 is 0 Å². The lowest BCUT2D eigenvalue weighted by molar-refractivity contribution is 0.340. The molecule has 0 amide bonds. The number of allylic oxidation sites excluding steroid dienone is 1. The maximum absolute atomic E-state index is 9.49. The summed E-state index contributed by atoms with van der Waals surface area (Å²) in [7, 11) is 1.64. The second kappa shape index (κ2) is 8.88. The van der Waals surface area contributed by atoms with Crippen LogP contribution < -0.4 is 14.8 Å². The SMILES string of the molecule is CCOc1ccc(N/C=C(\C#N)c2nc(-c3ccc(OC)cc3)cs2)cc1. The lowest BCUT2D eigenvalue weighted by Crippen LogP contribution is -1.93. The van der Waals surface area contributed by atoms with Gasteiger partial charge < -0.3 is 14.8 Å². The molecule has 0 atom stereocenters. The number of anilines is 1. The van der Waals surface area contributed by atoms with Crippen LogP contribution in [-0.2, 0) is 0 Å². The average Bonchev–Trinajstić information content (AvgIpc) is 3.20. The van der Waals surface area contributed by atoms with Crippen LogP contribution in [0.5, 0.6) is 11.5 Å². The van der Waals surface area contributed by atoms with Crippen LogP contribution in [0.15, 0.2) is 60.1 Å². The normalized spacial score (nSPS) is 10.9. The number of nitriles is 1. The molecular weight excluding hydrogens is 358 g/mol. The van der Waals surface area contributed by atoms with Crippen LogP contribution in [0, 0.1) is 11.3 Å². The van der Waals surface area contributed by atoms with Gasteiger partial charge in [0.15, 0.2) is 0 Å². The Morgan fingerprint density at radius 2 is 1.85 bits per heavy atom. The lowest BCUT2D eigenvalue weighted by atomic mass is 10.2. The summed E-state index contributed by atoms with van der Waals surface area (Å²) in [5.41, 5.74) is 3.17. The number of benzene rings is 2. The summed E-state index contributed by atoms with van der Waals surface area (Å²) in [4.78, 5) is 4.58. The number of nitrogens with one attached hydrogen (secondary N) is 1. The molecule has 0 saturated carbocycles. The summed E-state index contributed by atoms with van der Waals surface area (Å²) in [5, 5.41) is 15.2. The molecule has 3 aromatic rings. The second-order valence-electron chi connectivity index (χ2n) is 5.54. The molecule has 0 aliphatic rings. The van der Waals surface area contributed by atoms with E-state index in [2.05, 4.69) is 16.4 Å². The Kier molecular flexibility index (Phi) is 6.08. The Labute approximate surface area is 162 Å². The molecule has 0 spiro atoms. The predicted octanol–water partition coefficient (Wildman–Crippen LogP) is 5.19. The van der Waals surface area contributed by atoms with Crippen LogP contribution in [0.3, 0.4) is 0 Å². The molecule has 0 bridgehead atoms. The highest BCUT2D eigenvalue weighted by Crippen LogP contribution is 2.27. The highest BCUT2D eigenvalue weighted by Gasteiger charge is 2.09. The van der Waals surface area contributed by atoms with E-state index in [4.69, 9.17) is 9.47 Å². The minimum Gasteiger partial charge on any atom is -0.497 e. The fourth-order valence-electron chi connectivity index (χ4n) is 2.40. The number of methoxy groups -OCH3 is 1. The Morgan fingerprint density at radius 1 is 1.15 bits per heavy atom. The number of nitrogens with zero attached hydrogens (tertiary/aromatic N) is 2. The quantitative estimate of drug-likeness (QED) is 0.574. The van der Waals surface area contributed by atoms with Gasteiger partial charge in [-0.05, 0) is 55.5 Å². The van der Waals surface area contributed by atoms with Gasteiger partial charge in [-0.2, -0.15) is 5.26 Å². The third-order valence-corrected chi connectivity index (χ3v) is 4.66. The van der Waals surface area contributed by atoms with Crippen LogP contribution in [0.1, 0.15) is 11.9 Å². The van der Waals surface area contributed by atoms with Crippen LogP contribution in [-0.4, -0.2) is 18.7 Å². The van der Waals surface area contributed by atoms with Crippen LogP contribution in [0.25, 0.3) is 16.8 Å². The molecule has 1 aromatic heterocycles. The zero-order chi connectivity index (χ0) is 19.1. The standard InChI is InChI=1S/C21H19N3O2S/c1-3-26-19-10-6-17(7-11-19)23-13-16(12-22)21-24-20(14-27-21)15-4-8-18(25-2)9-5-15/h4-11,13-14,23H,3H2,1-2H3/b16-13+. The number of thiazole rings is 1. The summed E-state index contributed by atoms with van der Waals surface area (Å²) in [6.07, 6.45) is 1.67. The molecule has 5 nitrogen and oxygen atoms in total. The van der Waals surface area contributed by atoms with E-state index in [-0.39, 0.29) is 0 Å². The van der Waals surface area contributed by atoms with E-state index in [0.29, 0.717) is 17.2 Å². The topological polar surface area (TPSA) is 67.2 Å². The lowest BCUT2D eigenvalue weighted by Gasteiger charge is -2.05. The smallest absolute Gasteiger partial charge is 0.136 e. The largest absolute Gasteiger partial charge is 0.497 e. The summed E-state index contributed by atoms with van der Waals surface area (Å²) in [5.74, 6) is 1.61. The van der Waals surface area contributed by atoms with Crippen LogP contribution >= 0.6 is 11.3 Å². The number of rotatable bonds is 7. The number of ether oxygens (including phenoxy) is 2. The maximum atomic E-state index is 9.49. The van der Waals surface area contributed by atoms with Gasteiger partial charge in [0.1, 0.15) is 28.1 Å². The van der Waals surface area contributed by atoms with Crippen molar-refractivity contribution in [2.45, 2.75) is 6.92 Å². The zero-order valence-corrected chi connectivity index (χ0v) is 15.9. The molecule has 2 aromatic carbocycles. The molecule has 0 radical (unpaired) electrons. The van der Waals surface area contributed by atoms with E-state index < -0.39 is 0 Å². The van der Waals surface area contributed by atoms with Gasteiger partial charge in [0.25, 0.3) is 0 Å². The molecular formula is C21H19N3O2S. The first kappa shape index (κ1) is 18.5.